The number of rotatable bonds is 8. The highest BCUT2D eigenvalue weighted by molar-refractivity contribution is 7.47. The van der Waals surface area contributed by atoms with Gasteiger partial charge in [0.1, 0.15) is 18.5 Å². The van der Waals surface area contributed by atoms with E-state index in [1.807, 2.05) is 0 Å². The fraction of sp³-hybridized carbons (Fsp3) is 0.400. The molecule has 19 nitrogen and oxygen atoms in total. The molecule has 0 aliphatic carbocycles. The van der Waals surface area contributed by atoms with E-state index in [9.17, 15) is 33.7 Å². The summed E-state index contributed by atoms with van der Waals surface area (Å²) in [5.74, 6) is -1.90. The molecule has 0 spiro atoms. The van der Waals surface area contributed by atoms with E-state index in [0.29, 0.717) is 0 Å². The summed E-state index contributed by atoms with van der Waals surface area (Å²) in [5, 5.41) is 19.9. The van der Waals surface area contributed by atoms with Gasteiger partial charge in [-0.3, -0.25) is 32.8 Å². The number of H-pyrrole nitrogens is 2. The number of aromatic amines is 2. The molecule has 0 bridgehead atoms. The van der Waals surface area contributed by atoms with Crippen molar-refractivity contribution >= 4 is 42.0 Å². The first-order chi connectivity index (χ1) is 19.6. The van der Waals surface area contributed by atoms with Crippen molar-refractivity contribution in [1.82, 2.24) is 39.0 Å². The molecule has 1 saturated heterocycles. The number of phosphoric ester groups is 1. The quantitative estimate of drug-likeness (QED) is 0.126. The number of hydrogen-bond acceptors (Lipinski definition) is 14. The van der Waals surface area contributed by atoms with Crippen molar-refractivity contribution in [1.29, 1.82) is 0 Å². The summed E-state index contributed by atoms with van der Waals surface area (Å²) >= 11 is 0. The highest BCUT2D eigenvalue weighted by atomic mass is 31.2. The summed E-state index contributed by atoms with van der Waals surface area (Å²) in [6.07, 6.45) is -3.37. The number of aromatic nitrogens is 8. The zero-order valence-corrected chi connectivity index (χ0v) is 21.4. The highest BCUT2D eigenvalue weighted by Crippen LogP contribution is 2.50. The number of fused-ring (bicyclic) bond motifs is 2. The third-order valence-corrected chi connectivity index (χ3v) is 7.39. The summed E-state index contributed by atoms with van der Waals surface area (Å²) in [6, 6.07) is 0. The molecule has 0 aromatic carbocycles. The minimum atomic E-state index is -4.94. The summed E-state index contributed by atoms with van der Waals surface area (Å²) < 4.78 is 51.5. The fourth-order valence-electron chi connectivity index (χ4n) is 4.52. The minimum Gasteiger partial charge on any atom is -0.468 e. The summed E-state index contributed by atoms with van der Waals surface area (Å²) in [5.41, 5.74) is 4.16. The number of imidazole rings is 2. The largest absolute Gasteiger partial charge is 0.472 e. The van der Waals surface area contributed by atoms with Gasteiger partial charge in [-0.1, -0.05) is 0 Å². The molecule has 6 atom stereocenters. The Morgan fingerprint density at radius 1 is 1.20 bits per heavy atom. The first-order valence-electron chi connectivity index (χ1n) is 11.9. The smallest absolute Gasteiger partial charge is 0.468 e. The monoisotopic (exact) mass is 597 g/mol. The molecule has 41 heavy (non-hydrogen) atoms. The Morgan fingerprint density at radius 3 is 2.73 bits per heavy atom. The Bertz CT molecular complexity index is 1840. The number of nitrogens with zero attached hydrogens (tertiary/aromatic N) is 6. The molecule has 7 N–H and O–H groups in total. The summed E-state index contributed by atoms with van der Waals surface area (Å²) in [7, 11) is -4.94. The van der Waals surface area contributed by atoms with Crippen LogP contribution in [0.1, 0.15) is 12.6 Å². The molecular weight excluding hydrogens is 576 g/mol. The fourth-order valence-corrected chi connectivity index (χ4v) is 5.45. The van der Waals surface area contributed by atoms with Gasteiger partial charge in [0.05, 0.1) is 32.0 Å². The van der Waals surface area contributed by atoms with E-state index in [1.54, 1.807) is 0 Å². The number of aliphatic hydroxyl groups excluding tert-OH is 2. The second-order valence-corrected chi connectivity index (χ2v) is 10.4. The van der Waals surface area contributed by atoms with Crippen LogP contribution in [0.4, 0.5) is 10.3 Å². The maximum Gasteiger partial charge on any atom is 0.472 e. The minimum absolute atomic E-state index is 0.00260. The molecule has 0 amide bonds. The number of anilines is 1. The van der Waals surface area contributed by atoms with Crippen molar-refractivity contribution in [2.75, 3.05) is 18.9 Å². The van der Waals surface area contributed by atoms with Crippen LogP contribution in [0.5, 0.6) is 0 Å². The molecular formula is C20H21FN9O10P. The molecule has 2 aliphatic rings. The normalized spacial score (nSPS) is 26.2. The highest BCUT2D eigenvalue weighted by Gasteiger charge is 2.44. The van der Waals surface area contributed by atoms with Crippen LogP contribution in [0.3, 0.4) is 0 Å². The SMILES string of the molecule is Nc1nc2c(ncn2[C@@H]2O[C@H](CO)C[C@H]2OP(=O)(O)OC[C@H]2OC(n3cnc4c(=O)[nH]cnc43)=C(F)[C@@H]2O)c(=O)[nH]1. The van der Waals surface area contributed by atoms with Gasteiger partial charge in [-0.15, -0.1) is 0 Å². The van der Waals surface area contributed by atoms with E-state index in [-0.39, 0.29) is 34.7 Å². The van der Waals surface area contributed by atoms with Crippen LogP contribution in [0.25, 0.3) is 28.2 Å². The zero-order chi connectivity index (χ0) is 29.1. The summed E-state index contributed by atoms with van der Waals surface area (Å²) in [6.45, 7) is -1.27. The molecule has 6 heterocycles. The Hall–Kier alpha value is -4.04. The van der Waals surface area contributed by atoms with Gasteiger partial charge >= 0.3 is 7.82 Å². The molecule has 2 aliphatic heterocycles. The van der Waals surface area contributed by atoms with Gasteiger partial charge in [-0.05, 0) is 0 Å². The number of hydrogen-bond donors (Lipinski definition) is 6. The Morgan fingerprint density at radius 2 is 1.95 bits per heavy atom. The van der Waals surface area contributed by atoms with Crippen LogP contribution in [0, 0.1) is 0 Å². The van der Waals surface area contributed by atoms with Crippen LogP contribution in [-0.4, -0.2) is 91.8 Å². The number of ether oxygens (including phenoxy) is 2. The van der Waals surface area contributed by atoms with E-state index in [1.165, 1.54) is 10.9 Å². The van der Waals surface area contributed by atoms with E-state index < -0.39 is 74.5 Å². The first kappa shape index (κ1) is 27.1. The first-order valence-corrected chi connectivity index (χ1v) is 13.4. The third kappa shape index (κ3) is 4.80. The van der Waals surface area contributed by atoms with Gasteiger partial charge in [-0.2, -0.15) is 4.98 Å². The van der Waals surface area contributed by atoms with Crippen LogP contribution >= 0.6 is 7.82 Å². The predicted octanol–water partition coefficient (Wildman–Crippen LogP) is -1.53. The average Bonchev–Trinajstić information content (AvgIpc) is 3.69. The van der Waals surface area contributed by atoms with Crippen LogP contribution in [0.2, 0.25) is 0 Å². The van der Waals surface area contributed by atoms with E-state index in [2.05, 4.69) is 29.9 Å². The maximum absolute atomic E-state index is 14.9. The number of phosphoric acid groups is 1. The van der Waals surface area contributed by atoms with Gasteiger partial charge in [0, 0.05) is 6.42 Å². The van der Waals surface area contributed by atoms with Gasteiger partial charge in [0.15, 0.2) is 40.5 Å². The van der Waals surface area contributed by atoms with E-state index in [0.717, 1.165) is 17.2 Å². The number of aliphatic hydroxyl groups is 2. The topological polar surface area (TPSA) is 268 Å². The van der Waals surface area contributed by atoms with Crippen molar-refractivity contribution in [2.45, 2.75) is 37.1 Å². The maximum atomic E-state index is 14.9. The second kappa shape index (κ2) is 10.1. The predicted molar refractivity (Wildman–Crippen MR) is 132 cm³/mol. The molecule has 21 heteroatoms. The lowest BCUT2D eigenvalue weighted by molar-refractivity contribution is -0.0515. The lowest BCUT2D eigenvalue weighted by Gasteiger charge is -2.23. The number of nitrogens with one attached hydrogen (secondary N) is 2. The van der Waals surface area contributed by atoms with Gasteiger partial charge in [0.25, 0.3) is 11.1 Å². The van der Waals surface area contributed by atoms with Crippen LogP contribution < -0.4 is 16.9 Å². The Kier molecular flexibility index (Phi) is 6.69. The van der Waals surface area contributed by atoms with Crippen molar-refractivity contribution in [3.05, 3.63) is 45.5 Å². The van der Waals surface area contributed by atoms with Crippen LogP contribution in [0.15, 0.2) is 34.4 Å². The van der Waals surface area contributed by atoms with Crippen molar-refractivity contribution < 1.29 is 42.6 Å². The lowest BCUT2D eigenvalue weighted by Crippen LogP contribution is -2.29. The average molecular weight is 597 g/mol. The Labute approximate surface area is 225 Å². The van der Waals surface area contributed by atoms with Gasteiger partial charge in [-0.25, -0.2) is 23.9 Å². The molecule has 4 aromatic rings. The number of nitrogen functional groups attached to an aromatic ring is 1. The molecule has 0 saturated carbocycles. The molecule has 1 unspecified atom stereocenters. The second-order valence-electron chi connectivity index (χ2n) is 9.02. The Balaban J connectivity index is 1.17. The molecule has 4 aromatic heterocycles. The lowest BCUT2D eigenvalue weighted by atomic mass is 10.2. The molecule has 1 fully saturated rings. The zero-order valence-electron chi connectivity index (χ0n) is 20.5. The standard InChI is InChI=1S/C20H21FN9O10P/c21-10-13(32)9(39-19(10)29-5-25-11-14(29)23-4-24-16(11)33)3-37-41(35,36)40-8-1-7(2-31)38-18(8)30-6-26-12-15(30)27-20(22)28-17(12)34/h4-9,13,18,31-32H,1-3H2,(H,35,36)(H,23,24,33)(H3,22,27,28,34)/t7-,8+,9+,13+,18+/m0/s1. The number of halogens is 1. The van der Waals surface area contributed by atoms with Crippen molar-refractivity contribution in [3.63, 3.8) is 0 Å². The molecule has 218 valence electrons. The van der Waals surface area contributed by atoms with Gasteiger partial charge < -0.3 is 35.3 Å². The van der Waals surface area contributed by atoms with Crippen molar-refractivity contribution in [2.24, 2.45) is 0 Å². The number of nitrogens with two attached hydrogens (primary N) is 1. The summed E-state index contributed by atoms with van der Waals surface area (Å²) in [4.78, 5) is 54.9. The molecule has 0 radical (unpaired) electrons. The van der Waals surface area contributed by atoms with E-state index >= 15 is 0 Å². The van der Waals surface area contributed by atoms with Gasteiger partial charge in [0.2, 0.25) is 11.8 Å². The van der Waals surface area contributed by atoms with E-state index in [4.69, 9.17) is 24.3 Å². The van der Waals surface area contributed by atoms with Crippen LogP contribution in [-0.2, 0) is 23.1 Å². The molecule has 6 rings (SSSR count). The third-order valence-electron chi connectivity index (χ3n) is 6.38. The van der Waals surface area contributed by atoms with Crippen molar-refractivity contribution in [3.8, 4) is 0 Å².